The average molecular weight is 511 g/mol. The van der Waals surface area contributed by atoms with Crippen LogP contribution in [0.3, 0.4) is 0 Å². The van der Waals surface area contributed by atoms with Gasteiger partial charge in [0.1, 0.15) is 17.2 Å². The topological polar surface area (TPSA) is 94.2 Å². The first-order valence-electron chi connectivity index (χ1n) is 11.7. The Morgan fingerprint density at radius 3 is 2.44 bits per heavy atom. The lowest BCUT2D eigenvalue weighted by atomic mass is 10.0. The maximum Gasteiger partial charge on any atom is 0.264 e. The van der Waals surface area contributed by atoms with Crippen LogP contribution in [0.4, 0.5) is 5.69 Å². The molecule has 0 fully saturated rings. The Hall–Kier alpha value is -3.72. The predicted octanol–water partition coefficient (Wildman–Crippen LogP) is 4.24. The van der Waals surface area contributed by atoms with Gasteiger partial charge in [0, 0.05) is 0 Å². The summed E-state index contributed by atoms with van der Waals surface area (Å²) in [7, 11) is -0.831. The smallest absolute Gasteiger partial charge is 0.264 e. The first-order chi connectivity index (χ1) is 17.3. The van der Waals surface area contributed by atoms with Gasteiger partial charge in [0.2, 0.25) is 0 Å². The monoisotopic (exact) mass is 510 g/mol. The summed E-state index contributed by atoms with van der Waals surface area (Å²) >= 11 is 0. The highest BCUT2D eigenvalue weighted by Gasteiger charge is 2.38. The molecule has 1 aliphatic rings. The van der Waals surface area contributed by atoms with Gasteiger partial charge < -0.3 is 19.5 Å². The number of ether oxygens (including phenoxy) is 3. The standard InChI is InChI=1S/C27H30N2O6S/c1-5-22(19-10-15-24(34-4)18(2)16-19)28-27(30)26-17-29(23-8-6-7-9-25(23)35-26)36(31,32)21-13-11-20(33-3)12-14-21/h6-16,22,26H,5,17H2,1-4H3,(H,28,30)/t22-,26-/m1/s1. The minimum atomic E-state index is -3.96. The number of amides is 1. The van der Waals surface area contributed by atoms with Gasteiger partial charge in [-0.15, -0.1) is 0 Å². The third-order valence-corrected chi connectivity index (χ3v) is 8.01. The number of sulfonamides is 1. The van der Waals surface area contributed by atoms with Crippen molar-refractivity contribution in [2.45, 2.75) is 37.3 Å². The van der Waals surface area contributed by atoms with E-state index in [0.29, 0.717) is 23.6 Å². The van der Waals surface area contributed by atoms with Crippen LogP contribution in [0.15, 0.2) is 71.6 Å². The van der Waals surface area contributed by atoms with Crippen molar-refractivity contribution in [1.29, 1.82) is 0 Å². The van der Waals surface area contributed by atoms with Crippen LogP contribution in [0.25, 0.3) is 0 Å². The second-order valence-electron chi connectivity index (χ2n) is 8.48. The fourth-order valence-electron chi connectivity index (χ4n) is 4.25. The molecule has 0 spiro atoms. The third-order valence-electron chi connectivity index (χ3n) is 6.22. The summed E-state index contributed by atoms with van der Waals surface area (Å²) in [5, 5.41) is 3.03. The van der Waals surface area contributed by atoms with Crippen molar-refractivity contribution in [3.63, 3.8) is 0 Å². The molecule has 36 heavy (non-hydrogen) atoms. The molecule has 1 aliphatic heterocycles. The third kappa shape index (κ3) is 4.97. The summed E-state index contributed by atoms with van der Waals surface area (Å²) in [5.74, 6) is 1.26. The first kappa shape index (κ1) is 25.4. The molecule has 1 N–H and O–H groups in total. The number of fused-ring (bicyclic) bond motifs is 1. The zero-order valence-corrected chi connectivity index (χ0v) is 21.5. The lowest BCUT2D eigenvalue weighted by Gasteiger charge is -2.35. The highest BCUT2D eigenvalue weighted by atomic mass is 32.2. The fraction of sp³-hybridized carbons (Fsp3) is 0.296. The zero-order valence-electron chi connectivity index (χ0n) is 20.7. The molecule has 0 unspecified atom stereocenters. The molecule has 9 heteroatoms. The predicted molar refractivity (Wildman–Crippen MR) is 137 cm³/mol. The number of nitrogens with one attached hydrogen (secondary N) is 1. The van der Waals surface area contributed by atoms with Crippen LogP contribution in [-0.4, -0.2) is 41.2 Å². The SMILES string of the molecule is CC[C@@H](NC(=O)[C@H]1CN(S(=O)(=O)c2ccc(OC)cc2)c2ccccc2O1)c1ccc(OC)c(C)c1. The van der Waals surface area contributed by atoms with Gasteiger partial charge in [-0.25, -0.2) is 8.42 Å². The van der Waals surface area contributed by atoms with E-state index in [2.05, 4.69) is 5.32 Å². The van der Waals surface area contributed by atoms with Crippen LogP contribution >= 0.6 is 0 Å². The van der Waals surface area contributed by atoms with Crippen LogP contribution in [0.5, 0.6) is 17.2 Å². The van der Waals surface area contributed by atoms with E-state index >= 15 is 0 Å². The van der Waals surface area contributed by atoms with Crippen LogP contribution in [-0.2, 0) is 14.8 Å². The Morgan fingerprint density at radius 1 is 1.08 bits per heavy atom. The molecule has 0 bridgehead atoms. The lowest BCUT2D eigenvalue weighted by molar-refractivity contribution is -0.128. The van der Waals surface area contributed by atoms with Crippen molar-refractivity contribution in [2.24, 2.45) is 0 Å². The highest BCUT2D eigenvalue weighted by molar-refractivity contribution is 7.92. The van der Waals surface area contributed by atoms with Crippen LogP contribution in [0, 0.1) is 6.92 Å². The number of methoxy groups -OCH3 is 2. The van der Waals surface area contributed by atoms with E-state index in [4.69, 9.17) is 14.2 Å². The van der Waals surface area contributed by atoms with Crippen molar-refractivity contribution in [1.82, 2.24) is 5.32 Å². The van der Waals surface area contributed by atoms with Gasteiger partial charge in [-0.3, -0.25) is 9.10 Å². The van der Waals surface area contributed by atoms with E-state index < -0.39 is 16.1 Å². The Kier molecular flexibility index (Phi) is 7.40. The van der Waals surface area contributed by atoms with Gasteiger partial charge in [-0.2, -0.15) is 0 Å². The van der Waals surface area contributed by atoms with Crippen LogP contribution in [0.2, 0.25) is 0 Å². The van der Waals surface area contributed by atoms with Gasteiger partial charge in [0.25, 0.3) is 15.9 Å². The molecule has 2 atom stereocenters. The summed E-state index contributed by atoms with van der Waals surface area (Å²) in [4.78, 5) is 13.4. The molecule has 3 aromatic rings. The molecule has 1 heterocycles. The number of rotatable bonds is 8. The largest absolute Gasteiger partial charge is 0.497 e. The van der Waals surface area contributed by atoms with Gasteiger partial charge >= 0.3 is 0 Å². The van der Waals surface area contributed by atoms with Crippen molar-refractivity contribution in [3.05, 3.63) is 77.9 Å². The van der Waals surface area contributed by atoms with Crippen molar-refractivity contribution in [3.8, 4) is 17.2 Å². The number of hydrogen-bond acceptors (Lipinski definition) is 6. The number of benzene rings is 3. The Labute approximate surface area is 211 Å². The Balaban J connectivity index is 1.61. The molecule has 4 rings (SSSR count). The summed E-state index contributed by atoms with van der Waals surface area (Å²) in [6.07, 6.45) is -0.379. The van der Waals surface area contributed by atoms with Gasteiger partial charge in [0.05, 0.1) is 37.4 Å². The maximum absolute atomic E-state index is 13.6. The molecular weight excluding hydrogens is 480 g/mol. The summed E-state index contributed by atoms with van der Waals surface area (Å²) in [6, 6.07) is 18.5. The molecule has 0 saturated heterocycles. The molecule has 0 saturated carbocycles. The zero-order chi connectivity index (χ0) is 25.9. The highest BCUT2D eigenvalue weighted by Crippen LogP contribution is 2.37. The summed E-state index contributed by atoms with van der Waals surface area (Å²) in [5.41, 5.74) is 2.28. The number of nitrogens with zero attached hydrogens (tertiary/aromatic N) is 1. The van der Waals surface area contributed by atoms with Crippen LogP contribution < -0.4 is 23.8 Å². The lowest BCUT2D eigenvalue weighted by Crippen LogP contribution is -2.51. The Bertz CT molecular complexity index is 1340. The van der Waals surface area contributed by atoms with E-state index in [9.17, 15) is 13.2 Å². The van der Waals surface area contributed by atoms with E-state index in [0.717, 1.165) is 16.9 Å². The molecule has 0 radical (unpaired) electrons. The number of carbonyl (C=O) groups excluding carboxylic acids is 1. The van der Waals surface area contributed by atoms with Crippen molar-refractivity contribution in [2.75, 3.05) is 25.1 Å². The molecular formula is C27H30N2O6S. The number of hydrogen-bond donors (Lipinski definition) is 1. The summed E-state index contributed by atoms with van der Waals surface area (Å²) in [6.45, 7) is 3.76. The number of para-hydroxylation sites is 2. The molecule has 190 valence electrons. The van der Waals surface area contributed by atoms with E-state index in [1.807, 2.05) is 32.0 Å². The van der Waals surface area contributed by atoms with Crippen molar-refractivity contribution < 1.29 is 27.4 Å². The molecule has 8 nitrogen and oxygen atoms in total. The van der Waals surface area contributed by atoms with Crippen molar-refractivity contribution >= 4 is 21.6 Å². The van der Waals surface area contributed by atoms with Gasteiger partial charge in [-0.05, 0) is 66.9 Å². The molecule has 0 aromatic heterocycles. The number of aryl methyl sites for hydroxylation is 1. The second-order valence-corrected chi connectivity index (χ2v) is 10.3. The normalized spacial score (nSPS) is 15.9. The number of anilines is 1. The summed E-state index contributed by atoms with van der Waals surface area (Å²) < 4.78 is 44.9. The maximum atomic E-state index is 13.6. The minimum Gasteiger partial charge on any atom is -0.497 e. The average Bonchev–Trinajstić information content (AvgIpc) is 2.90. The Morgan fingerprint density at radius 2 is 1.81 bits per heavy atom. The molecule has 0 aliphatic carbocycles. The van der Waals surface area contributed by atoms with Gasteiger partial charge in [-0.1, -0.05) is 31.2 Å². The van der Waals surface area contributed by atoms with E-state index in [1.165, 1.54) is 23.5 Å². The molecule has 1 amide bonds. The van der Waals surface area contributed by atoms with E-state index in [1.54, 1.807) is 43.5 Å². The fourth-order valence-corrected chi connectivity index (χ4v) is 5.72. The quantitative estimate of drug-likeness (QED) is 0.487. The van der Waals surface area contributed by atoms with Gasteiger partial charge in [0.15, 0.2) is 6.10 Å². The second kappa shape index (κ2) is 10.5. The van der Waals surface area contributed by atoms with E-state index in [-0.39, 0.29) is 23.4 Å². The molecule has 3 aromatic carbocycles. The first-order valence-corrected chi connectivity index (χ1v) is 13.1. The minimum absolute atomic E-state index is 0.0966. The van der Waals surface area contributed by atoms with Crippen LogP contribution in [0.1, 0.15) is 30.5 Å². The number of carbonyl (C=O) groups is 1.